The number of rotatable bonds is 4. The monoisotopic (exact) mass is 600 g/mol. The van der Waals surface area contributed by atoms with Gasteiger partial charge in [-0.3, -0.25) is 0 Å². The van der Waals surface area contributed by atoms with Crippen LogP contribution in [0.15, 0.2) is 174 Å². The molecule has 0 aliphatic carbocycles. The van der Waals surface area contributed by atoms with Gasteiger partial charge < -0.3 is 13.6 Å². The lowest BCUT2D eigenvalue weighted by Gasteiger charge is -2.12. The van der Waals surface area contributed by atoms with Crippen molar-refractivity contribution in [2.45, 2.75) is 0 Å². The van der Waals surface area contributed by atoms with E-state index in [0.29, 0.717) is 0 Å². The van der Waals surface area contributed by atoms with Crippen LogP contribution in [0, 0.1) is 0 Å². The van der Waals surface area contributed by atoms with Gasteiger partial charge in [0.2, 0.25) is 0 Å². The number of furan rings is 1. The van der Waals surface area contributed by atoms with E-state index in [-0.39, 0.29) is 0 Å². The van der Waals surface area contributed by atoms with Crippen LogP contribution in [0.4, 0.5) is 0 Å². The zero-order chi connectivity index (χ0) is 30.9. The Bertz CT molecular complexity index is 2760. The number of nitrogens with zero attached hydrogens (tertiary/aromatic N) is 2. The Kier molecular flexibility index (Phi) is 5.57. The van der Waals surface area contributed by atoms with Crippen LogP contribution in [0.5, 0.6) is 0 Å². The quantitative estimate of drug-likeness (QED) is 0.197. The van der Waals surface area contributed by atoms with Crippen molar-refractivity contribution in [2.24, 2.45) is 0 Å². The second-order valence-electron chi connectivity index (χ2n) is 12.2. The van der Waals surface area contributed by atoms with Crippen LogP contribution in [0.25, 0.3) is 88.3 Å². The minimum atomic E-state index is 0.915. The maximum atomic E-state index is 6.73. The molecule has 0 N–H and O–H groups in total. The molecule has 0 saturated heterocycles. The highest BCUT2D eigenvalue weighted by Crippen LogP contribution is 2.41. The minimum Gasteiger partial charge on any atom is -0.455 e. The van der Waals surface area contributed by atoms with Crippen LogP contribution in [-0.4, -0.2) is 9.13 Å². The molecule has 0 aliphatic rings. The third-order valence-corrected chi connectivity index (χ3v) is 9.57. The Morgan fingerprint density at radius 1 is 0.383 bits per heavy atom. The zero-order valence-electron chi connectivity index (χ0n) is 25.5. The summed E-state index contributed by atoms with van der Waals surface area (Å²) in [7, 11) is 0. The first-order chi connectivity index (χ1) is 23.3. The fourth-order valence-corrected chi connectivity index (χ4v) is 7.43. The summed E-state index contributed by atoms with van der Waals surface area (Å²) in [5.74, 6) is 0. The first-order valence-corrected chi connectivity index (χ1v) is 16.0. The first-order valence-electron chi connectivity index (χ1n) is 16.0. The molecule has 0 aliphatic heterocycles. The molecule has 0 saturated carbocycles. The SMILES string of the molecule is c1ccc(-c2cccc3c2oc2c(-c4ccc(-n5c6ccccc6c6ccc7ccn(-c8ccccc8)c7c65)cc4)cccc23)cc1. The topological polar surface area (TPSA) is 23.0 Å². The van der Waals surface area contributed by atoms with E-state index in [9.17, 15) is 0 Å². The van der Waals surface area contributed by atoms with Gasteiger partial charge in [0.25, 0.3) is 0 Å². The van der Waals surface area contributed by atoms with E-state index < -0.39 is 0 Å². The predicted molar refractivity (Wildman–Crippen MR) is 196 cm³/mol. The van der Waals surface area contributed by atoms with Gasteiger partial charge in [0.05, 0.1) is 16.6 Å². The normalized spacial score (nSPS) is 11.8. The molecule has 3 nitrogen and oxygen atoms in total. The van der Waals surface area contributed by atoms with Crippen LogP contribution in [0.1, 0.15) is 0 Å². The van der Waals surface area contributed by atoms with E-state index in [1.807, 2.05) is 6.07 Å². The molecule has 47 heavy (non-hydrogen) atoms. The summed E-state index contributed by atoms with van der Waals surface area (Å²) in [4.78, 5) is 0. The molecule has 0 amide bonds. The highest BCUT2D eigenvalue weighted by molar-refractivity contribution is 6.18. The zero-order valence-corrected chi connectivity index (χ0v) is 25.5. The second-order valence-corrected chi connectivity index (χ2v) is 12.2. The lowest BCUT2D eigenvalue weighted by molar-refractivity contribution is 0.671. The van der Waals surface area contributed by atoms with E-state index in [0.717, 1.165) is 55.6 Å². The maximum absolute atomic E-state index is 6.73. The Balaban J connectivity index is 1.17. The van der Waals surface area contributed by atoms with Crippen LogP contribution in [-0.2, 0) is 0 Å². The van der Waals surface area contributed by atoms with Gasteiger partial charge in [-0.25, -0.2) is 0 Å². The highest BCUT2D eigenvalue weighted by Gasteiger charge is 2.19. The summed E-state index contributed by atoms with van der Waals surface area (Å²) in [5.41, 5.74) is 12.2. The first kappa shape index (κ1) is 26.0. The molecule has 7 aromatic carbocycles. The number of para-hydroxylation sites is 4. The van der Waals surface area contributed by atoms with E-state index >= 15 is 0 Å². The number of benzene rings is 7. The Morgan fingerprint density at radius 3 is 1.72 bits per heavy atom. The molecule has 0 spiro atoms. The van der Waals surface area contributed by atoms with E-state index in [2.05, 4.69) is 173 Å². The summed E-state index contributed by atoms with van der Waals surface area (Å²) in [6.07, 6.45) is 2.18. The number of hydrogen-bond donors (Lipinski definition) is 0. The molecule has 10 rings (SSSR count). The van der Waals surface area contributed by atoms with Gasteiger partial charge in [0, 0.05) is 55.6 Å². The van der Waals surface area contributed by atoms with Crippen LogP contribution in [0.2, 0.25) is 0 Å². The van der Waals surface area contributed by atoms with Gasteiger partial charge in [-0.2, -0.15) is 0 Å². The minimum absolute atomic E-state index is 0.915. The molecule has 0 unspecified atom stereocenters. The summed E-state index contributed by atoms with van der Waals surface area (Å²) in [6.45, 7) is 0. The van der Waals surface area contributed by atoms with E-state index in [1.54, 1.807) is 0 Å². The van der Waals surface area contributed by atoms with Crippen LogP contribution in [0.3, 0.4) is 0 Å². The third kappa shape index (κ3) is 3.87. The predicted octanol–water partition coefficient (Wildman–Crippen LogP) is 12.0. The highest BCUT2D eigenvalue weighted by atomic mass is 16.3. The van der Waals surface area contributed by atoms with Crippen LogP contribution < -0.4 is 0 Å². The van der Waals surface area contributed by atoms with Gasteiger partial charge >= 0.3 is 0 Å². The fraction of sp³-hybridized carbons (Fsp3) is 0. The third-order valence-electron chi connectivity index (χ3n) is 9.57. The number of fused-ring (bicyclic) bond motifs is 8. The van der Waals surface area contributed by atoms with Gasteiger partial charge in [-0.05, 0) is 47.5 Å². The van der Waals surface area contributed by atoms with E-state index in [4.69, 9.17) is 4.42 Å². The molecule has 0 bridgehead atoms. The largest absolute Gasteiger partial charge is 0.455 e. The molecule has 10 aromatic rings. The van der Waals surface area contributed by atoms with Crippen molar-refractivity contribution in [1.29, 1.82) is 0 Å². The van der Waals surface area contributed by atoms with Gasteiger partial charge in [0.15, 0.2) is 0 Å². The number of hydrogen-bond acceptors (Lipinski definition) is 1. The van der Waals surface area contributed by atoms with Crippen molar-refractivity contribution in [3.05, 3.63) is 170 Å². The molecular formula is C44H28N2O. The average molecular weight is 601 g/mol. The van der Waals surface area contributed by atoms with Crippen molar-refractivity contribution in [3.63, 3.8) is 0 Å². The maximum Gasteiger partial charge on any atom is 0.143 e. The second kappa shape index (κ2) is 10.1. The Morgan fingerprint density at radius 2 is 1.00 bits per heavy atom. The van der Waals surface area contributed by atoms with Gasteiger partial charge in [0.1, 0.15) is 11.2 Å². The molecule has 220 valence electrons. The van der Waals surface area contributed by atoms with Gasteiger partial charge in [-0.1, -0.05) is 127 Å². The van der Waals surface area contributed by atoms with Crippen molar-refractivity contribution < 1.29 is 4.42 Å². The van der Waals surface area contributed by atoms with Crippen molar-refractivity contribution in [2.75, 3.05) is 0 Å². The smallest absolute Gasteiger partial charge is 0.143 e. The Labute approximate surface area is 271 Å². The lowest BCUT2D eigenvalue weighted by atomic mass is 10.00. The summed E-state index contributed by atoms with van der Waals surface area (Å²) >= 11 is 0. The molecule has 0 radical (unpaired) electrons. The summed E-state index contributed by atoms with van der Waals surface area (Å²) in [5, 5.41) is 5.97. The fourth-order valence-electron chi connectivity index (χ4n) is 7.43. The molecule has 0 fully saturated rings. The van der Waals surface area contributed by atoms with Crippen LogP contribution >= 0.6 is 0 Å². The molecule has 0 atom stereocenters. The lowest BCUT2D eigenvalue weighted by Crippen LogP contribution is -1.98. The van der Waals surface area contributed by atoms with E-state index in [1.165, 1.54) is 32.7 Å². The van der Waals surface area contributed by atoms with Crippen molar-refractivity contribution in [1.82, 2.24) is 9.13 Å². The average Bonchev–Trinajstić information content (AvgIpc) is 3.84. The van der Waals surface area contributed by atoms with Crippen molar-refractivity contribution in [3.8, 4) is 33.6 Å². The summed E-state index contributed by atoms with van der Waals surface area (Å²) < 4.78 is 11.5. The molecule has 3 heteroatoms. The molecule has 3 aromatic heterocycles. The molecular weight excluding hydrogens is 572 g/mol. The Hall–Kier alpha value is -6.32. The standard InChI is InChI=1S/C44H28N2O/c1-3-11-29(12-4-1)34-16-9-18-38-39-19-10-17-35(44(39)47-43(34)38)30-21-24-33(25-22-30)46-40-20-8-7-15-36(40)37-26-23-31-27-28-45(41(31)42(37)46)32-13-5-2-6-14-32/h1-28H. The van der Waals surface area contributed by atoms with Crippen molar-refractivity contribution >= 4 is 54.6 Å². The number of aromatic nitrogens is 2. The van der Waals surface area contributed by atoms with Gasteiger partial charge in [-0.15, -0.1) is 0 Å². The summed E-state index contributed by atoms with van der Waals surface area (Å²) in [6, 6.07) is 58.4. The molecule has 3 heterocycles.